The van der Waals surface area contributed by atoms with Crippen LogP contribution in [0, 0.1) is 17.1 Å². The summed E-state index contributed by atoms with van der Waals surface area (Å²) >= 11 is 7.30. The van der Waals surface area contributed by atoms with Gasteiger partial charge in [0.1, 0.15) is 16.9 Å². The Balaban J connectivity index is 1.70. The number of thiazole rings is 1. The summed E-state index contributed by atoms with van der Waals surface area (Å²) in [6, 6.07) is 10.1. The highest BCUT2D eigenvalue weighted by molar-refractivity contribution is 7.19. The van der Waals surface area contributed by atoms with E-state index in [2.05, 4.69) is 26.3 Å². The SMILES string of the molecule is COc1ccc(Cc2nc3ncc(C#N)c(Nc4ccc(F)c(Cl)c4)c3s2)cn1. The van der Waals surface area contributed by atoms with Gasteiger partial charge in [-0.1, -0.05) is 17.7 Å². The molecule has 0 saturated carbocycles. The zero-order valence-corrected chi connectivity index (χ0v) is 16.7. The molecule has 29 heavy (non-hydrogen) atoms. The number of nitriles is 1. The van der Waals surface area contributed by atoms with Crippen LogP contribution < -0.4 is 10.1 Å². The molecule has 0 atom stereocenters. The van der Waals surface area contributed by atoms with Crippen LogP contribution in [0.4, 0.5) is 15.8 Å². The Labute approximate surface area is 174 Å². The molecule has 0 aliphatic rings. The zero-order valence-electron chi connectivity index (χ0n) is 15.1. The Hall–Kier alpha value is -3.28. The zero-order chi connectivity index (χ0) is 20.4. The van der Waals surface area contributed by atoms with E-state index in [1.54, 1.807) is 25.4 Å². The fraction of sp³-hybridized carbons (Fsp3) is 0.100. The predicted octanol–water partition coefficient (Wildman–Crippen LogP) is 5.09. The minimum atomic E-state index is -0.509. The molecule has 4 aromatic rings. The van der Waals surface area contributed by atoms with E-state index in [1.165, 1.54) is 29.7 Å². The number of benzene rings is 1. The average molecular weight is 426 g/mol. The highest BCUT2D eigenvalue weighted by Gasteiger charge is 2.15. The first-order valence-corrected chi connectivity index (χ1v) is 9.66. The second kappa shape index (κ2) is 7.99. The van der Waals surface area contributed by atoms with Crippen LogP contribution in [0.3, 0.4) is 0 Å². The first kappa shape index (κ1) is 19.1. The molecule has 0 spiro atoms. The Morgan fingerprint density at radius 2 is 2.10 bits per heavy atom. The van der Waals surface area contributed by atoms with Gasteiger partial charge in [0.2, 0.25) is 5.88 Å². The van der Waals surface area contributed by atoms with Crippen molar-refractivity contribution >= 4 is 44.7 Å². The van der Waals surface area contributed by atoms with E-state index in [1.807, 2.05) is 6.07 Å². The monoisotopic (exact) mass is 425 g/mol. The summed E-state index contributed by atoms with van der Waals surface area (Å²) in [5, 5.41) is 13.5. The van der Waals surface area contributed by atoms with Crippen molar-refractivity contribution in [3.63, 3.8) is 0 Å². The van der Waals surface area contributed by atoms with E-state index in [9.17, 15) is 9.65 Å². The number of hydrogen-bond donors (Lipinski definition) is 1. The van der Waals surface area contributed by atoms with E-state index in [-0.39, 0.29) is 5.02 Å². The van der Waals surface area contributed by atoms with Crippen LogP contribution in [0.2, 0.25) is 5.02 Å². The Morgan fingerprint density at radius 1 is 1.24 bits per heavy atom. The van der Waals surface area contributed by atoms with Crippen molar-refractivity contribution in [2.45, 2.75) is 6.42 Å². The normalized spacial score (nSPS) is 10.7. The molecule has 0 bridgehead atoms. The number of rotatable bonds is 5. The third kappa shape index (κ3) is 3.97. The molecule has 0 saturated heterocycles. The van der Waals surface area contributed by atoms with E-state index < -0.39 is 5.82 Å². The van der Waals surface area contributed by atoms with Crippen molar-refractivity contribution in [1.82, 2.24) is 15.0 Å². The Morgan fingerprint density at radius 3 is 2.79 bits per heavy atom. The minimum Gasteiger partial charge on any atom is -0.481 e. The summed E-state index contributed by atoms with van der Waals surface area (Å²) < 4.78 is 19.3. The standard InChI is InChI=1S/C20H13ClFN5OS/c1-28-16-5-2-11(9-24-16)6-17-27-20-19(29-17)18(12(8-23)10-25-20)26-13-3-4-15(22)14(21)7-13/h2-5,7,9-10H,6H2,1H3,(H,25,26). The second-order valence-electron chi connectivity index (χ2n) is 6.06. The van der Waals surface area contributed by atoms with Gasteiger partial charge in [-0.05, 0) is 23.8 Å². The number of aromatic nitrogens is 3. The lowest BCUT2D eigenvalue weighted by molar-refractivity contribution is 0.397. The molecule has 4 rings (SSSR count). The molecule has 0 radical (unpaired) electrons. The number of hydrogen-bond acceptors (Lipinski definition) is 7. The molecule has 1 N–H and O–H groups in total. The third-order valence-corrected chi connectivity index (χ3v) is 5.49. The van der Waals surface area contributed by atoms with Crippen LogP contribution in [0.15, 0.2) is 42.7 Å². The number of ether oxygens (including phenoxy) is 1. The number of fused-ring (bicyclic) bond motifs is 1. The molecule has 3 aromatic heterocycles. The van der Waals surface area contributed by atoms with Crippen molar-refractivity contribution in [3.05, 3.63) is 69.7 Å². The average Bonchev–Trinajstić information content (AvgIpc) is 3.14. The molecular weight excluding hydrogens is 413 g/mol. The summed E-state index contributed by atoms with van der Waals surface area (Å²) in [5.74, 6) is 0.0357. The third-order valence-electron chi connectivity index (χ3n) is 4.14. The van der Waals surface area contributed by atoms with Gasteiger partial charge in [-0.15, -0.1) is 11.3 Å². The lowest BCUT2D eigenvalue weighted by atomic mass is 10.2. The van der Waals surface area contributed by atoms with Gasteiger partial charge in [0, 0.05) is 30.6 Å². The first-order chi connectivity index (χ1) is 14.1. The minimum absolute atomic E-state index is 0.00388. The van der Waals surface area contributed by atoms with Gasteiger partial charge < -0.3 is 10.1 Å². The van der Waals surface area contributed by atoms with Gasteiger partial charge in [0.15, 0.2) is 5.65 Å². The molecule has 0 amide bonds. The Kier molecular flexibility index (Phi) is 5.25. The number of halogens is 2. The number of nitrogens with one attached hydrogen (secondary N) is 1. The second-order valence-corrected chi connectivity index (χ2v) is 7.55. The molecule has 0 aliphatic carbocycles. The molecule has 0 aliphatic heterocycles. The summed E-state index contributed by atoms with van der Waals surface area (Å²) in [4.78, 5) is 13.1. The van der Waals surface area contributed by atoms with Gasteiger partial charge >= 0.3 is 0 Å². The first-order valence-electron chi connectivity index (χ1n) is 8.47. The maximum Gasteiger partial charge on any atom is 0.212 e. The van der Waals surface area contributed by atoms with Crippen LogP contribution in [0.25, 0.3) is 10.3 Å². The summed E-state index contributed by atoms with van der Waals surface area (Å²) in [6.45, 7) is 0. The van der Waals surface area contributed by atoms with Crippen molar-refractivity contribution in [2.75, 3.05) is 12.4 Å². The molecule has 3 heterocycles. The van der Waals surface area contributed by atoms with Crippen LogP contribution in [-0.2, 0) is 6.42 Å². The van der Waals surface area contributed by atoms with Crippen LogP contribution in [0.1, 0.15) is 16.1 Å². The van der Waals surface area contributed by atoms with E-state index in [4.69, 9.17) is 16.3 Å². The summed E-state index contributed by atoms with van der Waals surface area (Å²) in [7, 11) is 1.57. The maximum absolute atomic E-state index is 13.5. The summed E-state index contributed by atoms with van der Waals surface area (Å²) in [6.07, 6.45) is 3.77. The van der Waals surface area contributed by atoms with Gasteiger partial charge in [-0.3, -0.25) is 0 Å². The van der Waals surface area contributed by atoms with Gasteiger partial charge in [0.25, 0.3) is 0 Å². The van der Waals surface area contributed by atoms with Crippen molar-refractivity contribution in [2.24, 2.45) is 0 Å². The Bertz CT molecular complexity index is 1240. The fourth-order valence-corrected chi connectivity index (χ4v) is 3.97. The molecule has 9 heteroatoms. The van der Waals surface area contributed by atoms with Crippen molar-refractivity contribution in [3.8, 4) is 11.9 Å². The van der Waals surface area contributed by atoms with Gasteiger partial charge in [-0.25, -0.2) is 19.3 Å². The lowest BCUT2D eigenvalue weighted by Gasteiger charge is -2.09. The highest BCUT2D eigenvalue weighted by Crippen LogP contribution is 2.34. The van der Waals surface area contributed by atoms with Crippen molar-refractivity contribution in [1.29, 1.82) is 5.26 Å². The quantitative estimate of drug-likeness (QED) is 0.479. The topological polar surface area (TPSA) is 83.7 Å². The highest BCUT2D eigenvalue weighted by atomic mass is 35.5. The number of anilines is 2. The molecule has 1 aromatic carbocycles. The molecule has 6 nitrogen and oxygen atoms in total. The number of methoxy groups -OCH3 is 1. The van der Waals surface area contributed by atoms with Crippen LogP contribution in [-0.4, -0.2) is 22.1 Å². The molecular formula is C20H13ClFN5OS. The van der Waals surface area contributed by atoms with Crippen LogP contribution in [0.5, 0.6) is 5.88 Å². The molecule has 0 unspecified atom stereocenters. The van der Waals surface area contributed by atoms with Crippen LogP contribution >= 0.6 is 22.9 Å². The van der Waals surface area contributed by atoms with E-state index in [0.29, 0.717) is 34.9 Å². The molecule has 144 valence electrons. The number of pyridine rings is 2. The molecule has 0 fully saturated rings. The fourth-order valence-electron chi connectivity index (χ4n) is 2.73. The van der Waals surface area contributed by atoms with E-state index in [0.717, 1.165) is 15.3 Å². The predicted molar refractivity (Wildman–Crippen MR) is 110 cm³/mol. The number of nitrogens with zero attached hydrogens (tertiary/aromatic N) is 4. The smallest absolute Gasteiger partial charge is 0.212 e. The lowest BCUT2D eigenvalue weighted by Crippen LogP contribution is -1.96. The van der Waals surface area contributed by atoms with E-state index >= 15 is 0 Å². The summed E-state index contributed by atoms with van der Waals surface area (Å²) in [5.41, 5.74) is 3.00. The van der Waals surface area contributed by atoms with Gasteiger partial charge in [-0.2, -0.15) is 5.26 Å². The van der Waals surface area contributed by atoms with Gasteiger partial charge in [0.05, 0.1) is 28.1 Å². The maximum atomic E-state index is 13.5. The van der Waals surface area contributed by atoms with Crippen molar-refractivity contribution < 1.29 is 9.13 Å². The largest absolute Gasteiger partial charge is 0.481 e.